The number of carbonyl (C=O) groups is 2. The van der Waals surface area contributed by atoms with Crippen LogP contribution in [0.2, 0.25) is 0 Å². The van der Waals surface area contributed by atoms with Crippen molar-refractivity contribution in [2.45, 2.75) is 64.1 Å². The summed E-state index contributed by atoms with van der Waals surface area (Å²) < 4.78 is 0. The van der Waals surface area contributed by atoms with Crippen molar-refractivity contribution in [1.82, 2.24) is 14.9 Å². The van der Waals surface area contributed by atoms with E-state index in [0.29, 0.717) is 30.4 Å². The van der Waals surface area contributed by atoms with E-state index in [1.54, 1.807) is 0 Å². The van der Waals surface area contributed by atoms with Crippen molar-refractivity contribution in [3.63, 3.8) is 0 Å². The predicted molar refractivity (Wildman–Crippen MR) is 148 cm³/mol. The lowest BCUT2D eigenvalue weighted by Crippen LogP contribution is -2.43. The molecule has 2 aromatic carbocycles. The third-order valence-corrected chi connectivity index (χ3v) is 7.57. The van der Waals surface area contributed by atoms with Gasteiger partial charge in [-0.3, -0.25) is 9.59 Å². The molecule has 38 heavy (non-hydrogen) atoms. The molecule has 0 radical (unpaired) electrons. The molecule has 1 aliphatic carbocycles. The molecular weight excluding hydrogens is 478 g/mol. The Labute approximate surface area is 223 Å². The second-order valence-electron chi connectivity index (χ2n) is 10.2. The summed E-state index contributed by atoms with van der Waals surface area (Å²) in [5.41, 5.74) is 17.0. The molecule has 198 valence electrons. The number of aromatic nitrogens is 2. The van der Waals surface area contributed by atoms with Gasteiger partial charge in [0.2, 0.25) is 5.95 Å². The molecule has 0 unspecified atom stereocenters. The van der Waals surface area contributed by atoms with Crippen molar-refractivity contribution in [3.05, 3.63) is 76.5 Å². The van der Waals surface area contributed by atoms with Crippen LogP contribution in [0.4, 0.5) is 17.5 Å². The number of fused-ring (bicyclic) bond motifs is 1. The van der Waals surface area contributed by atoms with Crippen molar-refractivity contribution >= 4 is 29.3 Å². The first kappa shape index (κ1) is 25.7. The Bertz CT molecular complexity index is 1330. The number of nitrogens with one attached hydrogen (secondary N) is 2. The summed E-state index contributed by atoms with van der Waals surface area (Å²) >= 11 is 0. The highest BCUT2D eigenvalue weighted by Crippen LogP contribution is 2.27. The number of aryl methyl sites for hydroxylation is 1. The Kier molecular flexibility index (Phi) is 7.55. The van der Waals surface area contributed by atoms with Gasteiger partial charge in [0.1, 0.15) is 11.4 Å². The van der Waals surface area contributed by atoms with Crippen LogP contribution in [0.3, 0.4) is 0 Å². The van der Waals surface area contributed by atoms with Gasteiger partial charge in [0, 0.05) is 42.6 Å². The molecular formula is C29H35N7O2. The molecule has 2 aliphatic rings. The highest BCUT2D eigenvalue weighted by atomic mass is 16.2. The molecule has 0 spiro atoms. The molecule has 1 fully saturated rings. The minimum atomic E-state index is -0.614. The fraction of sp³-hybridized carbons (Fsp3) is 0.379. The third kappa shape index (κ3) is 5.62. The van der Waals surface area contributed by atoms with Crippen LogP contribution in [-0.4, -0.2) is 45.3 Å². The van der Waals surface area contributed by atoms with E-state index in [2.05, 4.69) is 33.6 Å². The second kappa shape index (κ2) is 11.2. The third-order valence-electron chi connectivity index (χ3n) is 7.57. The van der Waals surface area contributed by atoms with Crippen molar-refractivity contribution < 1.29 is 9.59 Å². The van der Waals surface area contributed by atoms with Gasteiger partial charge < -0.3 is 27.0 Å². The average Bonchev–Trinajstić information content (AvgIpc) is 2.93. The van der Waals surface area contributed by atoms with Crippen molar-refractivity contribution in [2.24, 2.45) is 11.5 Å². The second-order valence-corrected chi connectivity index (χ2v) is 10.2. The summed E-state index contributed by atoms with van der Waals surface area (Å²) in [6.45, 7) is 3.28. The van der Waals surface area contributed by atoms with Crippen LogP contribution in [0.5, 0.6) is 0 Å². The van der Waals surface area contributed by atoms with E-state index >= 15 is 0 Å². The fourth-order valence-electron chi connectivity index (χ4n) is 5.24. The number of primary amides is 1. The first-order valence-electron chi connectivity index (χ1n) is 13.4. The molecule has 9 nitrogen and oxygen atoms in total. The lowest BCUT2D eigenvalue weighted by atomic mass is 9.91. The Balaban J connectivity index is 1.34. The predicted octanol–water partition coefficient (Wildman–Crippen LogP) is 3.76. The van der Waals surface area contributed by atoms with Gasteiger partial charge in [-0.15, -0.1) is 0 Å². The van der Waals surface area contributed by atoms with Gasteiger partial charge in [-0.1, -0.05) is 38.0 Å². The molecule has 5 rings (SSSR count). The van der Waals surface area contributed by atoms with Gasteiger partial charge in [-0.05, 0) is 66.6 Å². The Morgan fingerprint density at radius 3 is 2.61 bits per heavy atom. The smallest absolute Gasteiger partial charge is 0.254 e. The Morgan fingerprint density at radius 1 is 1.08 bits per heavy atom. The molecule has 2 atom stereocenters. The van der Waals surface area contributed by atoms with Crippen LogP contribution in [0, 0.1) is 0 Å². The van der Waals surface area contributed by atoms with E-state index in [-0.39, 0.29) is 23.6 Å². The van der Waals surface area contributed by atoms with Gasteiger partial charge in [-0.2, -0.15) is 4.98 Å². The molecule has 2 amide bonds. The van der Waals surface area contributed by atoms with Crippen molar-refractivity contribution in [2.75, 3.05) is 17.2 Å². The van der Waals surface area contributed by atoms with Crippen LogP contribution in [-0.2, 0) is 19.4 Å². The molecule has 9 heteroatoms. The normalized spacial score (nSPS) is 18.9. The number of amides is 2. The topological polar surface area (TPSA) is 139 Å². The fourth-order valence-corrected chi connectivity index (χ4v) is 5.24. The summed E-state index contributed by atoms with van der Waals surface area (Å²) in [5, 5.41) is 6.58. The lowest BCUT2D eigenvalue weighted by molar-refractivity contribution is 0.0734. The maximum atomic E-state index is 13.2. The number of benzene rings is 2. The molecule has 2 heterocycles. The minimum Gasteiger partial charge on any atom is -0.365 e. The minimum absolute atomic E-state index is 0.0279. The zero-order chi connectivity index (χ0) is 26.6. The first-order chi connectivity index (χ1) is 18.4. The summed E-state index contributed by atoms with van der Waals surface area (Å²) in [5.74, 6) is 0.153. The lowest BCUT2D eigenvalue weighted by Gasteiger charge is -2.30. The van der Waals surface area contributed by atoms with Gasteiger partial charge in [0.25, 0.3) is 11.8 Å². The zero-order valence-corrected chi connectivity index (χ0v) is 21.7. The van der Waals surface area contributed by atoms with E-state index in [4.69, 9.17) is 11.5 Å². The average molecular weight is 514 g/mol. The van der Waals surface area contributed by atoms with Crippen LogP contribution in [0.1, 0.15) is 70.0 Å². The van der Waals surface area contributed by atoms with E-state index in [9.17, 15) is 9.59 Å². The monoisotopic (exact) mass is 513 g/mol. The first-order valence-corrected chi connectivity index (χ1v) is 13.4. The van der Waals surface area contributed by atoms with Gasteiger partial charge in [-0.25, -0.2) is 4.98 Å². The van der Waals surface area contributed by atoms with Gasteiger partial charge >= 0.3 is 0 Å². The highest BCUT2D eigenvalue weighted by molar-refractivity contribution is 5.98. The zero-order valence-electron chi connectivity index (χ0n) is 21.7. The molecule has 6 N–H and O–H groups in total. The SMILES string of the molecule is CCc1ccc(C(=O)N2CCc3ccc(Nc4nc(N[C@@H]5CCCC[C@@H]5N)ncc4C(N)=O)cc3C2)cc1. The van der Waals surface area contributed by atoms with Crippen molar-refractivity contribution in [1.29, 1.82) is 0 Å². The summed E-state index contributed by atoms with van der Waals surface area (Å²) in [6.07, 6.45) is 7.31. The number of hydrogen-bond acceptors (Lipinski definition) is 7. The van der Waals surface area contributed by atoms with Crippen molar-refractivity contribution in [3.8, 4) is 0 Å². The maximum Gasteiger partial charge on any atom is 0.254 e. The van der Waals surface area contributed by atoms with Crippen LogP contribution < -0.4 is 22.1 Å². The number of nitrogens with zero attached hydrogens (tertiary/aromatic N) is 3. The molecule has 1 aliphatic heterocycles. The number of rotatable bonds is 7. The van der Waals surface area contributed by atoms with Crippen LogP contribution in [0.15, 0.2) is 48.7 Å². The molecule has 1 aromatic heterocycles. The van der Waals surface area contributed by atoms with Gasteiger partial charge in [0.15, 0.2) is 0 Å². The number of anilines is 3. The standard InChI is InChI=1S/C29H35N7O2/c1-2-18-7-9-20(10-8-18)28(38)36-14-13-19-11-12-22(15-21(19)17-36)33-27-23(26(31)37)16-32-29(35-27)34-25-6-4-3-5-24(25)30/h7-12,15-16,24-25H,2-6,13-14,17,30H2,1H3,(H2,31,37)(H2,32,33,34,35)/t24-,25+/m0/s1. The molecule has 3 aromatic rings. The van der Waals surface area contributed by atoms with E-state index in [1.807, 2.05) is 41.3 Å². The number of nitrogens with two attached hydrogens (primary N) is 2. The van der Waals surface area contributed by atoms with E-state index in [1.165, 1.54) is 17.3 Å². The summed E-state index contributed by atoms with van der Waals surface area (Å²) in [6, 6.07) is 14.0. The highest BCUT2D eigenvalue weighted by Gasteiger charge is 2.24. The van der Waals surface area contributed by atoms with E-state index in [0.717, 1.165) is 49.8 Å². The van der Waals surface area contributed by atoms with E-state index < -0.39 is 5.91 Å². The van der Waals surface area contributed by atoms with Crippen LogP contribution in [0.25, 0.3) is 0 Å². The Hall–Kier alpha value is -3.98. The van der Waals surface area contributed by atoms with Gasteiger partial charge in [0.05, 0.1) is 0 Å². The quantitative estimate of drug-likeness (QED) is 0.377. The molecule has 1 saturated carbocycles. The summed E-state index contributed by atoms with van der Waals surface area (Å²) in [4.78, 5) is 36.0. The Morgan fingerprint density at radius 2 is 1.87 bits per heavy atom. The molecule has 0 saturated heterocycles. The number of hydrogen-bond donors (Lipinski definition) is 4. The van der Waals surface area contributed by atoms with Crippen LogP contribution >= 0.6 is 0 Å². The number of carbonyl (C=O) groups excluding carboxylic acids is 2. The maximum absolute atomic E-state index is 13.2. The summed E-state index contributed by atoms with van der Waals surface area (Å²) in [7, 11) is 0. The molecule has 0 bridgehead atoms. The largest absolute Gasteiger partial charge is 0.365 e.